The van der Waals surface area contributed by atoms with Crippen molar-refractivity contribution in [2.75, 3.05) is 44.7 Å². The van der Waals surface area contributed by atoms with Gasteiger partial charge in [0.25, 0.3) is 5.91 Å². The lowest BCUT2D eigenvalue weighted by molar-refractivity contribution is 0.0383. The Morgan fingerprint density at radius 2 is 1.88 bits per heavy atom. The minimum atomic E-state index is -0.136. The summed E-state index contributed by atoms with van der Waals surface area (Å²) in [5.41, 5.74) is 1.25. The highest BCUT2D eigenvalue weighted by molar-refractivity contribution is 6.35. The highest BCUT2D eigenvalue weighted by Crippen LogP contribution is 2.24. The Labute approximate surface area is 162 Å². The highest BCUT2D eigenvalue weighted by atomic mass is 35.5. The average molecular weight is 395 g/mol. The normalized spacial score (nSPS) is 14.8. The summed E-state index contributed by atoms with van der Waals surface area (Å²) in [5, 5.41) is 7.10. The number of amides is 1. The van der Waals surface area contributed by atoms with E-state index in [1.807, 2.05) is 0 Å². The lowest BCUT2D eigenvalue weighted by Gasteiger charge is -2.26. The molecule has 2 N–H and O–H groups in total. The molecule has 1 fully saturated rings. The molecule has 1 amide bonds. The first-order valence-corrected chi connectivity index (χ1v) is 9.13. The van der Waals surface area contributed by atoms with Crippen LogP contribution in [0.3, 0.4) is 0 Å². The number of halogens is 2. The van der Waals surface area contributed by atoms with E-state index in [0.29, 0.717) is 28.0 Å². The van der Waals surface area contributed by atoms with Crippen LogP contribution in [0.15, 0.2) is 36.5 Å². The summed E-state index contributed by atoms with van der Waals surface area (Å²) in [5.74, 6) is 0.469. The lowest BCUT2D eigenvalue weighted by Crippen LogP contribution is -2.41. The zero-order chi connectivity index (χ0) is 18.4. The summed E-state index contributed by atoms with van der Waals surface area (Å²) in [6.07, 6.45) is 1.54. The first kappa shape index (κ1) is 18.9. The molecule has 6 nitrogen and oxygen atoms in total. The number of hydrogen-bond donors (Lipinski definition) is 2. The molecule has 26 heavy (non-hydrogen) atoms. The first-order chi connectivity index (χ1) is 12.6. The van der Waals surface area contributed by atoms with Crippen LogP contribution in [-0.2, 0) is 4.74 Å². The van der Waals surface area contributed by atoms with E-state index in [0.717, 1.165) is 38.5 Å². The minimum absolute atomic E-state index is 0.136. The Morgan fingerprint density at radius 3 is 2.54 bits per heavy atom. The molecule has 0 aliphatic carbocycles. The van der Waals surface area contributed by atoms with Crippen LogP contribution in [-0.4, -0.2) is 55.2 Å². The number of aromatic nitrogens is 1. The number of nitrogens with zero attached hydrogens (tertiary/aromatic N) is 2. The van der Waals surface area contributed by atoms with Crippen LogP contribution in [0.2, 0.25) is 10.0 Å². The molecule has 1 aliphatic heterocycles. The van der Waals surface area contributed by atoms with Crippen molar-refractivity contribution in [3.8, 4) is 0 Å². The molecule has 0 bridgehead atoms. The van der Waals surface area contributed by atoms with Crippen LogP contribution >= 0.6 is 23.2 Å². The second-order valence-electron chi connectivity index (χ2n) is 5.93. The zero-order valence-electron chi connectivity index (χ0n) is 14.2. The summed E-state index contributed by atoms with van der Waals surface area (Å²) in [6, 6.07) is 8.63. The average Bonchev–Trinajstić information content (AvgIpc) is 2.62. The maximum atomic E-state index is 12.2. The number of ether oxygens (including phenoxy) is 1. The maximum absolute atomic E-state index is 12.2. The largest absolute Gasteiger partial charge is 0.379 e. The van der Waals surface area contributed by atoms with E-state index in [-0.39, 0.29) is 5.91 Å². The van der Waals surface area contributed by atoms with Crippen LogP contribution in [0.5, 0.6) is 0 Å². The van der Waals surface area contributed by atoms with Crippen LogP contribution in [0.4, 0.5) is 11.5 Å². The molecule has 0 unspecified atom stereocenters. The first-order valence-electron chi connectivity index (χ1n) is 8.37. The molecule has 0 spiro atoms. The predicted molar refractivity (Wildman–Crippen MR) is 104 cm³/mol. The van der Waals surface area contributed by atoms with Gasteiger partial charge < -0.3 is 15.4 Å². The summed E-state index contributed by atoms with van der Waals surface area (Å²) in [6.45, 7) is 4.74. The molecular weight excluding hydrogens is 375 g/mol. The van der Waals surface area contributed by atoms with Crippen molar-refractivity contribution >= 4 is 40.6 Å². The van der Waals surface area contributed by atoms with Gasteiger partial charge in [0.1, 0.15) is 5.82 Å². The maximum Gasteiger partial charge on any atom is 0.252 e. The SMILES string of the molecule is O=C(NCCN1CCOCC1)c1ccc(Nc2cc(Cl)cc(Cl)c2)nc1. The molecule has 0 radical (unpaired) electrons. The topological polar surface area (TPSA) is 66.5 Å². The number of anilines is 2. The third-order valence-electron chi connectivity index (χ3n) is 3.98. The monoisotopic (exact) mass is 394 g/mol. The molecule has 3 rings (SSSR count). The van der Waals surface area contributed by atoms with Gasteiger partial charge in [-0.25, -0.2) is 4.98 Å². The molecule has 1 saturated heterocycles. The van der Waals surface area contributed by atoms with Gasteiger partial charge in [-0.1, -0.05) is 23.2 Å². The van der Waals surface area contributed by atoms with E-state index in [1.54, 1.807) is 36.5 Å². The van der Waals surface area contributed by atoms with Crippen molar-refractivity contribution < 1.29 is 9.53 Å². The lowest BCUT2D eigenvalue weighted by atomic mass is 10.2. The fourth-order valence-electron chi connectivity index (χ4n) is 2.63. The van der Waals surface area contributed by atoms with Gasteiger partial charge in [0.2, 0.25) is 0 Å². The molecule has 1 aliphatic rings. The second-order valence-corrected chi connectivity index (χ2v) is 6.80. The summed E-state index contributed by atoms with van der Waals surface area (Å²) in [4.78, 5) is 18.7. The van der Waals surface area contributed by atoms with Crippen LogP contribution in [0.25, 0.3) is 0 Å². The molecule has 8 heteroatoms. The molecular formula is C18H20Cl2N4O2. The Bertz CT molecular complexity index is 729. The van der Waals surface area contributed by atoms with Crippen molar-refractivity contribution in [1.82, 2.24) is 15.2 Å². The Morgan fingerprint density at radius 1 is 1.15 bits per heavy atom. The molecule has 138 valence electrons. The molecule has 2 heterocycles. The number of morpholine rings is 1. The quantitative estimate of drug-likeness (QED) is 0.787. The third-order valence-corrected chi connectivity index (χ3v) is 4.41. The van der Waals surface area contributed by atoms with Gasteiger partial charge in [-0.3, -0.25) is 9.69 Å². The number of carbonyl (C=O) groups excluding carboxylic acids is 1. The van der Waals surface area contributed by atoms with Gasteiger partial charge in [0, 0.05) is 48.1 Å². The van der Waals surface area contributed by atoms with Crippen molar-refractivity contribution in [3.63, 3.8) is 0 Å². The van der Waals surface area contributed by atoms with Crippen molar-refractivity contribution in [2.45, 2.75) is 0 Å². The predicted octanol–water partition coefficient (Wildman–Crippen LogP) is 3.19. The van der Waals surface area contributed by atoms with E-state index < -0.39 is 0 Å². The summed E-state index contributed by atoms with van der Waals surface area (Å²) in [7, 11) is 0. The van der Waals surface area contributed by atoms with Gasteiger partial charge in [-0.05, 0) is 30.3 Å². The fourth-order valence-corrected chi connectivity index (χ4v) is 3.16. The van der Waals surface area contributed by atoms with Crippen molar-refractivity contribution in [1.29, 1.82) is 0 Å². The number of nitrogens with one attached hydrogen (secondary N) is 2. The number of hydrogen-bond acceptors (Lipinski definition) is 5. The Kier molecular flexibility index (Phi) is 6.68. The standard InChI is InChI=1S/C18H20Cl2N4O2/c19-14-9-15(20)11-16(10-14)23-17-2-1-13(12-22-17)18(25)21-3-4-24-5-7-26-8-6-24/h1-2,9-12H,3-8H2,(H,21,25)(H,22,23). The van der Waals surface area contributed by atoms with Gasteiger partial charge in [0.05, 0.1) is 18.8 Å². The third kappa shape index (κ3) is 5.57. The van der Waals surface area contributed by atoms with Gasteiger partial charge >= 0.3 is 0 Å². The number of benzene rings is 1. The minimum Gasteiger partial charge on any atom is -0.379 e. The Balaban J connectivity index is 1.50. The Hall–Kier alpha value is -1.86. The zero-order valence-corrected chi connectivity index (χ0v) is 15.7. The van der Waals surface area contributed by atoms with E-state index >= 15 is 0 Å². The van der Waals surface area contributed by atoms with E-state index in [1.165, 1.54) is 0 Å². The van der Waals surface area contributed by atoms with Crippen LogP contribution < -0.4 is 10.6 Å². The van der Waals surface area contributed by atoms with E-state index in [2.05, 4.69) is 20.5 Å². The van der Waals surface area contributed by atoms with Gasteiger partial charge in [-0.15, -0.1) is 0 Å². The van der Waals surface area contributed by atoms with Gasteiger partial charge in [-0.2, -0.15) is 0 Å². The highest BCUT2D eigenvalue weighted by Gasteiger charge is 2.11. The van der Waals surface area contributed by atoms with E-state index in [4.69, 9.17) is 27.9 Å². The molecule has 0 atom stereocenters. The summed E-state index contributed by atoms with van der Waals surface area (Å²) >= 11 is 12.0. The number of pyridine rings is 1. The number of rotatable bonds is 6. The summed E-state index contributed by atoms with van der Waals surface area (Å²) < 4.78 is 5.31. The molecule has 1 aromatic heterocycles. The van der Waals surface area contributed by atoms with Crippen molar-refractivity contribution in [2.24, 2.45) is 0 Å². The van der Waals surface area contributed by atoms with Crippen molar-refractivity contribution in [3.05, 3.63) is 52.1 Å². The molecule has 2 aromatic rings. The fraction of sp³-hybridized carbons (Fsp3) is 0.333. The molecule has 0 saturated carbocycles. The van der Waals surface area contributed by atoms with Gasteiger partial charge in [0.15, 0.2) is 0 Å². The molecule has 1 aromatic carbocycles. The second kappa shape index (κ2) is 9.19. The van der Waals surface area contributed by atoms with E-state index in [9.17, 15) is 4.79 Å². The van der Waals surface area contributed by atoms with Crippen LogP contribution in [0, 0.1) is 0 Å². The number of carbonyl (C=O) groups is 1. The smallest absolute Gasteiger partial charge is 0.252 e. The van der Waals surface area contributed by atoms with Crippen LogP contribution in [0.1, 0.15) is 10.4 Å².